The monoisotopic (exact) mass is 343 g/mol. The molecule has 6 nitrogen and oxygen atoms in total. The van der Waals surface area contributed by atoms with E-state index in [9.17, 15) is 14.7 Å². The molecular formula is C16H22ClNO5. The number of hydrogen-bond acceptors (Lipinski definition) is 4. The van der Waals surface area contributed by atoms with Gasteiger partial charge < -0.3 is 14.9 Å². The smallest absolute Gasteiger partial charge is 0.303 e. The molecule has 2 N–H and O–H groups in total. The number of phenolic OH excluding ortho intramolecular Hbond substituents is 1. The standard InChI is InChI=1S/C16H22ClNO5/c1-23-12-8-9-13(14(19)11-12)16(22)18(17)10-6-4-2-3-5-7-15(20)21/h8-9,11,19H,2-7,10H2,1H3,(H,20,21). The summed E-state index contributed by atoms with van der Waals surface area (Å²) < 4.78 is 6.02. The molecule has 1 rings (SSSR count). The number of methoxy groups -OCH3 is 1. The Bertz CT molecular complexity index is 535. The highest BCUT2D eigenvalue weighted by Crippen LogP contribution is 2.25. The molecule has 7 heteroatoms. The van der Waals surface area contributed by atoms with Gasteiger partial charge in [0.05, 0.1) is 12.7 Å². The van der Waals surface area contributed by atoms with Crippen molar-refractivity contribution in [3.63, 3.8) is 0 Å². The molecule has 0 saturated heterocycles. The number of benzene rings is 1. The highest BCUT2D eigenvalue weighted by molar-refractivity contribution is 6.24. The zero-order chi connectivity index (χ0) is 17.2. The molecule has 0 aliphatic carbocycles. The Morgan fingerprint density at radius 1 is 1.17 bits per heavy atom. The minimum atomic E-state index is -0.776. The van der Waals surface area contributed by atoms with E-state index in [1.54, 1.807) is 6.07 Å². The molecule has 0 heterocycles. The number of carboxylic acid groups (broad SMARTS) is 1. The molecule has 0 aliphatic heterocycles. The summed E-state index contributed by atoms with van der Waals surface area (Å²) in [5.74, 6) is -0.949. The van der Waals surface area contributed by atoms with E-state index < -0.39 is 11.9 Å². The maximum atomic E-state index is 12.1. The lowest BCUT2D eigenvalue weighted by Crippen LogP contribution is -2.22. The number of aliphatic carboxylic acids is 1. The Labute approximate surface area is 140 Å². The number of ether oxygens (including phenoxy) is 1. The summed E-state index contributed by atoms with van der Waals surface area (Å²) in [6, 6.07) is 4.42. The van der Waals surface area contributed by atoms with Crippen LogP contribution in [0.2, 0.25) is 0 Å². The number of phenols is 1. The second-order valence-corrected chi connectivity index (χ2v) is 5.59. The molecule has 0 radical (unpaired) electrons. The summed E-state index contributed by atoms with van der Waals surface area (Å²) in [7, 11) is 1.47. The number of carboxylic acids is 1. The van der Waals surface area contributed by atoms with E-state index in [2.05, 4.69) is 0 Å². The predicted molar refractivity (Wildman–Crippen MR) is 86.9 cm³/mol. The minimum Gasteiger partial charge on any atom is -0.507 e. The number of amides is 1. The van der Waals surface area contributed by atoms with Crippen molar-refractivity contribution in [3.05, 3.63) is 23.8 Å². The lowest BCUT2D eigenvalue weighted by Gasteiger charge is -2.15. The Balaban J connectivity index is 2.33. The zero-order valence-corrected chi connectivity index (χ0v) is 13.9. The SMILES string of the molecule is COc1ccc(C(=O)N(Cl)CCCCCCCC(=O)O)c(O)c1. The normalized spacial score (nSPS) is 10.3. The van der Waals surface area contributed by atoms with Crippen molar-refractivity contribution in [1.82, 2.24) is 4.42 Å². The summed E-state index contributed by atoms with van der Waals surface area (Å²) in [5, 5.41) is 18.3. The van der Waals surface area contributed by atoms with Crippen molar-refractivity contribution in [2.45, 2.75) is 38.5 Å². The number of carbonyl (C=O) groups excluding carboxylic acids is 1. The molecule has 0 aliphatic rings. The van der Waals surface area contributed by atoms with Crippen LogP contribution in [0.5, 0.6) is 11.5 Å². The highest BCUT2D eigenvalue weighted by atomic mass is 35.5. The third-order valence-electron chi connectivity index (χ3n) is 3.40. The molecule has 1 aromatic rings. The maximum Gasteiger partial charge on any atom is 0.303 e. The van der Waals surface area contributed by atoms with Crippen LogP contribution in [0.25, 0.3) is 0 Å². The topological polar surface area (TPSA) is 87.1 Å². The van der Waals surface area contributed by atoms with E-state index in [0.717, 1.165) is 30.1 Å². The molecule has 0 bridgehead atoms. The van der Waals surface area contributed by atoms with Gasteiger partial charge in [0.25, 0.3) is 5.91 Å². The molecule has 0 atom stereocenters. The fourth-order valence-electron chi connectivity index (χ4n) is 2.11. The quantitative estimate of drug-likeness (QED) is 0.502. The van der Waals surface area contributed by atoms with Gasteiger partial charge in [0.2, 0.25) is 0 Å². The fraction of sp³-hybridized carbons (Fsp3) is 0.500. The maximum absolute atomic E-state index is 12.1. The van der Waals surface area contributed by atoms with Crippen molar-refractivity contribution in [3.8, 4) is 11.5 Å². The average Bonchev–Trinajstić information content (AvgIpc) is 2.52. The van der Waals surface area contributed by atoms with E-state index in [1.165, 1.54) is 19.2 Å². The first-order chi connectivity index (χ1) is 11.0. The van der Waals surface area contributed by atoms with Crippen LogP contribution >= 0.6 is 11.8 Å². The highest BCUT2D eigenvalue weighted by Gasteiger charge is 2.17. The molecule has 0 unspecified atom stereocenters. The second kappa shape index (κ2) is 9.94. The minimum absolute atomic E-state index is 0.127. The summed E-state index contributed by atoms with van der Waals surface area (Å²) in [6.07, 6.45) is 4.20. The van der Waals surface area contributed by atoms with Crippen molar-refractivity contribution in [2.24, 2.45) is 0 Å². The van der Waals surface area contributed by atoms with Crippen LogP contribution in [-0.4, -0.2) is 40.2 Å². The number of carbonyl (C=O) groups is 2. The van der Waals surface area contributed by atoms with Crippen molar-refractivity contribution < 1.29 is 24.5 Å². The Hall–Kier alpha value is -1.95. The van der Waals surface area contributed by atoms with E-state index in [-0.39, 0.29) is 17.7 Å². The van der Waals surface area contributed by atoms with Crippen LogP contribution < -0.4 is 4.74 Å². The van der Waals surface area contributed by atoms with Crippen molar-refractivity contribution in [1.29, 1.82) is 0 Å². The van der Waals surface area contributed by atoms with Gasteiger partial charge in [-0.3, -0.25) is 14.0 Å². The zero-order valence-electron chi connectivity index (χ0n) is 13.1. The van der Waals surface area contributed by atoms with Gasteiger partial charge in [-0.2, -0.15) is 0 Å². The van der Waals surface area contributed by atoms with Gasteiger partial charge in [-0.1, -0.05) is 19.3 Å². The average molecular weight is 344 g/mol. The van der Waals surface area contributed by atoms with Gasteiger partial charge in [-0.05, 0) is 25.0 Å². The molecule has 0 fully saturated rings. The van der Waals surface area contributed by atoms with Gasteiger partial charge >= 0.3 is 5.97 Å². The van der Waals surface area contributed by atoms with E-state index in [1.807, 2.05) is 0 Å². The number of halogens is 1. The van der Waals surface area contributed by atoms with E-state index in [0.29, 0.717) is 18.7 Å². The number of hydrogen-bond donors (Lipinski definition) is 2. The predicted octanol–water partition coefficient (Wildman–Crippen LogP) is 3.42. The third-order valence-corrected chi connectivity index (χ3v) is 3.72. The van der Waals surface area contributed by atoms with Crippen molar-refractivity contribution in [2.75, 3.05) is 13.7 Å². The number of rotatable bonds is 10. The summed E-state index contributed by atoms with van der Waals surface area (Å²) >= 11 is 5.96. The lowest BCUT2D eigenvalue weighted by molar-refractivity contribution is -0.137. The van der Waals surface area contributed by atoms with E-state index >= 15 is 0 Å². The lowest BCUT2D eigenvalue weighted by atomic mass is 10.1. The summed E-state index contributed by atoms with van der Waals surface area (Å²) in [5.41, 5.74) is 0.127. The van der Waals surface area contributed by atoms with Gasteiger partial charge in [0.1, 0.15) is 11.5 Å². The van der Waals surface area contributed by atoms with Crippen LogP contribution in [-0.2, 0) is 4.79 Å². The van der Waals surface area contributed by atoms with Crippen LogP contribution in [0.4, 0.5) is 0 Å². The van der Waals surface area contributed by atoms with Gasteiger partial charge in [-0.15, -0.1) is 0 Å². The molecule has 1 aromatic carbocycles. The van der Waals surface area contributed by atoms with Crippen LogP contribution in [0.3, 0.4) is 0 Å². The molecule has 0 aromatic heterocycles. The van der Waals surface area contributed by atoms with Crippen LogP contribution in [0.1, 0.15) is 48.9 Å². The van der Waals surface area contributed by atoms with Gasteiger partial charge in [0, 0.05) is 30.8 Å². The Kier molecular flexibility index (Phi) is 8.26. The van der Waals surface area contributed by atoms with Crippen LogP contribution in [0, 0.1) is 0 Å². The number of unbranched alkanes of at least 4 members (excludes halogenated alkanes) is 4. The Morgan fingerprint density at radius 2 is 1.83 bits per heavy atom. The first-order valence-corrected chi connectivity index (χ1v) is 7.86. The molecule has 0 saturated carbocycles. The van der Waals surface area contributed by atoms with Gasteiger partial charge in [-0.25, -0.2) is 0 Å². The molecule has 1 amide bonds. The summed E-state index contributed by atoms with van der Waals surface area (Å²) in [4.78, 5) is 22.5. The molecular weight excluding hydrogens is 322 g/mol. The first kappa shape index (κ1) is 19.1. The Morgan fingerprint density at radius 3 is 2.43 bits per heavy atom. The summed E-state index contributed by atoms with van der Waals surface area (Å²) in [6.45, 7) is 0.366. The largest absolute Gasteiger partial charge is 0.507 e. The number of nitrogens with zero attached hydrogens (tertiary/aromatic N) is 1. The van der Waals surface area contributed by atoms with Crippen molar-refractivity contribution >= 4 is 23.7 Å². The first-order valence-electron chi connectivity index (χ1n) is 7.52. The van der Waals surface area contributed by atoms with E-state index in [4.69, 9.17) is 21.6 Å². The second-order valence-electron chi connectivity index (χ2n) is 5.19. The molecule has 128 valence electrons. The molecule has 0 spiro atoms. The van der Waals surface area contributed by atoms with Gasteiger partial charge in [0.15, 0.2) is 0 Å². The third kappa shape index (κ3) is 6.78. The number of aromatic hydroxyl groups is 1. The molecule has 23 heavy (non-hydrogen) atoms. The fourth-order valence-corrected chi connectivity index (χ4v) is 2.32. The van der Waals surface area contributed by atoms with Crippen LogP contribution in [0.15, 0.2) is 18.2 Å².